The Kier molecular flexibility index (Phi) is 5.26. The Morgan fingerprint density at radius 3 is 2.55 bits per heavy atom. The van der Waals surface area contributed by atoms with Crippen molar-refractivity contribution in [1.29, 1.82) is 5.26 Å². The predicted molar refractivity (Wildman–Crippen MR) is 108 cm³/mol. The molecule has 5 heteroatoms. The lowest BCUT2D eigenvalue weighted by Crippen LogP contribution is -2.30. The second-order valence-electron chi connectivity index (χ2n) is 7.46. The number of nitrogens with zero attached hydrogens (tertiary/aromatic N) is 2. The van der Waals surface area contributed by atoms with Gasteiger partial charge in [0.2, 0.25) is 0 Å². The van der Waals surface area contributed by atoms with Crippen LogP contribution < -0.4 is 4.74 Å². The molecule has 0 saturated carbocycles. The summed E-state index contributed by atoms with van der Waals surface area (Å²) in [4.78, 5) is 17.2. The maximum Gasteiger partial charge on any atom is 0.161 e. The summed E-state index contributed by atoms with van der Waals surface area (Å²) in [6.07, 6.45) is 2.11. The van der Waals surface area contributed by atoms with E-state index in [0.29, 0.717) is 24.4 Å². The van der Waals surface area contributed by atoms with Crippen LogP contribution in [0.25, 0.3) is 0 Å². The first kappa shape index (κ1) is 19.1. The van der Waals surface area contributed by atoms with Gasteiger partial charge in [-0.05, 0) is 55.2 Å². The van der Waals surface area contributed by atoms with Crippen molar-refractivity contribution >= 4 is 11.5 Å². The van der Waals surface area contributed by atoms with Crippen LogP contribution in [0.3, 0.4) is 0 Å². The molecule has 1 aliphatic heterocycles. The van der Waals surface area contributed by atoms with Crippen LogP contribution in [0.2, 0.25) is 0 Å². The maximum absolute atomic E-state index is 13.0. The minimum absolute atomic E-state index is 0.101. The van der Waals surface area contributed by atoms with Gasteiger partial charge in [-0.1, -0.05) is 24.3 Å². The minimum atomic E-state index is -0.443. The molecule has 29 heavy (non-hydrogen) atoms. The summed E-state index contributed by atoms with van der Waals surface area (Å²) in [5, 5.41) is 9.74. The standard InChI is InChI=1S/C24H21FN2O2/c1-15-20(13-26)23(24-21(27-15)3-2-4-22(24)28)17-7-11-19(12-8-17)29-14-16-5-9-18(25)10-6-16/h5-12,20,23H,2-4,14H2,1H3/t20?,23-/m1/s1. The van der Waals surface area contributed by atoms with Gasteiger partial charge in [0.15, 0.2) is 5.78 Å². The molecular formula is C24H21FN2O2. The number of carbonyl (C=O) groups is 1. The fraction of sp³-hybridized carbons (Fsp3) is 0.292. The summed E-state index contributed by atoms with van der Waals surface area (Å²) in [7, 11) is 0. The average Bonchev–Trinajstić information content (AvgIpc) is 2.73. The van der Waals surface area contributed by atoms with Gasteiger partial charge in [-0.2, -0.15) is 5.26 Å². The van der Waals surface area contributed by atoms with Gasteiger partial charge in [0.05, 0.1) is 12.0 Å². The van der Waals surface area contributed by atoms with Crippen LogP contribution in [0, 0.1) is 23.1 Å². The SMILES string of the molecule is CC1=NC2=C(C(=O)CCC2)[C@H](c2ccc(OCc3ccc(F)cc3)cc2)C1C#N. The Labute approximate surface area is 169 Å². The number of ketones is 1. The van der Waals surface area contributed by atoms with E-state index < -0.39 is 5.92 Å². The monoisotopic (exact) mass is 388 g/mol. The third-order valence-corrected chi connectivity index (χ3v) is 5.53. The topological polar surface area (TPSA) is 62.4 Å². The fourth-order valence-corrected chi connectivity index (χ4v) is 4.05. The predicted octanol–water partition coefficient (Wildman–Crippen LogP) is 5.11. The van der Waals surface area contributed by atoms with Crippen LogP contribution in [0.1, 0.15) is 43.2 Å². The molecule has 0 N–H and O–H groups in total. The second-order valence-corrected chi connectivity index (χ2v) is 7.46. The normalized spacial score (nSPS) is 21.3. The summed E-state index contributed by atoms with van der Waals surface area (Å²) < 4.78 is 18.8. The summed E-state index contributed by atoms with van der Waals surface area (Å²) >= 11 is 0. The van der Waals surface area contributed by atoms with E-state index in [1.807, 2.05) is 31.2 Å². The van der Waals surface area contributed by atoms with Gasteiger partial charge in [0.25, 0.3) is 0 Å². The van der Waals surface area contributed by atoms with Crippen LogP contribution >= 0.6 is 0 Å². The Morgan fingerprint density at radius 1 is 1.14 bits per heavy atom. The number of hydrogen-bond acceptors (Lipinski definition) is 4. The van der Waals surface area contributed by atoms with Gasteiger partial charge in [0, 0.05) is 29.3 Å². The van der Waals surface area contributed by atoms with Gasteiger partial charge < -0.3 is 4.74 Å². The van der Waals surface area contributed by atoms with E-state index in [9.17, 15) is 14.4 Å². The second kappa shape index (κ2) is 8.00. The number of rotatable bonds is 4. The Morgan fingerprint density at radius 2 is 1.86 bits per heavy atom. The van der Waals surface area contributed by atoms with E-state index in [2.05, 4.69) is 11.1 Å². The molecule has 2 aromatic rings. The number of ether oxygens (including phenoxy) is 1. The molecule has 4 nitrogen and oxygen atoms in total. The molecule has 0 fully saturated rings. The van der Waals surface area contributed by atoms with Crippen LogP contribution in [0.15, 0.2) is 64.8 Å². The van der Waals surface area contributed by atoms with Crippen LogP contribution in [0.4, 0.5) is 4.39 Å². The van der Waals surface area contributed by atoms with Gasteiger partial charge in [0.1, 0.15) is 18.2 Å². The number of nitriles is 1. The number of Topliss-reactive ketones (excluding diaryl/α,β-unsaturated/α-hetero) is 1. The lowest BCUT2D eigenvalue weighted by molar-refractivity contribution is -0.116. The van der Waals surface area contributed by atoms with Gasteiger partial charge in [-0.25, -0.2) is 4.39 Å². The lowest BCUT2D eigenvalue weighted by Gasteiger charge is -2.32. The molecule has 0 spiro atoms. The van der Waals surface area contributed by atoms with Crippen molar-refractivity contribution < 1.29 is 13.9 Å². The van der Waals surface area contributed by atoms with Crippen molar-refractivity contribution in [2.24, 2.45) is 10.9 Å². The molecule has 2 aromatic carbocycles. The number of benzene rings is 2. The van der Waals surface area contributed by atoms with Crippen molar-refractivity contribution in [2.75, 3.05) is 0 Å². The average molecular weight is 388 g/mol. The molecule has 0 saturated heterocycles. The molecule has 0 bridgehead atoms. The highest BCUT2D eigenvalue weighted by Crippen LogP contribution is 2.43. The Hall–Kier alpha value is -3.26. The zero-order valence-electron chi connectivity index (χ0n) is 16.2. The zero-order valence-corrected chi connectivity index (χ0v) is 16.2. The van der Waals surface area contributed by atoms with Crippen molar-refractivity contribution in [3.05, 3.63) is 76.7 Å². The van der Waals surface area contributed by atoms with Crippen molar-refractivity contribution in [2.45, 2.75) is 38.7 Å². The van der Waals surface area contributed by atoms with Gasteiger partial charge in [-0.15, -0.1) is 0 Å². The molecule has 4 rings (SSSR count). The highest BCUT2D eigenvalue weighted by Gasteiger charge is 2.38. The largest absolute Gasteiger partial charge is 0.489 e. The molecule has 1 heterocycles. The smallest absolute Gasteiger partial charge is 0.161 e. The molecule has 0 radical (unpaired) electrons. The number of hydrogen-bond donors (Lipinski definition) is 0. The first-order chi connectivity index (χ1) is 14.1. The Balaban J connectivity index is 1.57. The number of halogens is 1. The number of carbonyl (C=O) groups excluding carboxylic acids is 1. The molecule has 0 aromatic heterocycles. The van der Waals surface area contributed by atoms with E-state index in [-0.39, 0.29) is 17.5 Å². The minimum Gasteiger partial charge on any atom is -0.489 e. The third-order valence-electron chi connectivity index (χ3n) is 5.53. The van der Waals surface area contributed by atoms with E-state index in [4.69, 9.17) is 4.74 Å². The van der Waals surface area contributed by atoms with E-state index in [1.165, 1.54) is 12.1 Å². The summed E-state index contributed by atoms with van der Waals surface area (Å²) in [6.45, 7) is 2.20. The summed E-state index contributed by atoms with van der Waals surface area (Å²) in [6, 6.07) is 16.1. The van der Waals surface area contributed by atoms with Crippen molar-refractivity contribution in [3.63, 3.8) is 0 Å². The Bertz CT molecular complexity index is 1030. The van der Waals surface area contributed by atoms with E-state index in [0.717, 1.165) is 35.4 Å². The summed E-state index contributed by atoms with van der Waals surface area (Å²) in [5.41, 5.74) is 4.10. The van der Waals surface area contributed by atoms with E-state index in [1.54, 1.807) is 12.1 Å². The van der Waals surface area contributed by atoms with Crippen LogP contribution in [-0.4, -0.2) is 11.5 Å². The zero-order chi connectivity index (χ0) is 20.4. The lowest BCUT2D eigenvalue weighted by atomic mass is 9.72. The van der Waals surface area contributed by atoms with Crippen molar-refractivity contribution in [3.8, 4) is 11.8 Å². The first-order valence-corrected chi connectivity index (χ1v) is 9.75. The molecule has 2 aliphatic rings. The number of allylic oxidation sites excluding steroid dienone is 2. The fourth-order valence-electron chi connectivity index (χ4n) is 4.05. The van der Waals surface area contributed by atoms with Crippen LogP contribution in [-0.2, 0) is 11.4 Å². The highest BCUT2D eigenvalue weighted by molar-refractivity contribution is 6.02. The molecule has 1 aliphatic carbocycles. The molecular weight excluding hydrogens is 367 g/mol. The molecule has 1 unspecified atom stereocenters. The number of aliphatic imine (C=N–C) groups is 1. The van der Waals surface area contributed by atoms with Crippen LogP contribution in [0.5, 0.6) is 5.75 Å². The van der Waals surface area contributed by atoms with Gasteiger partial charge >= 0.3 is 0 Å². The third kappa shape index (κ3) is 3.84. The molecule has 146 valence electrons. The van der Waals surface area contributed by atoms with E-state index >= 15 is 0 Å². The quantitative estimate of drug-likeness (QED) is 0.731. The highest BCUT2D eigenvalue weighted by atomic mass is 19.1. The van der Waals surface area contributed by atoms with Gasteiger partial charge in [-0.3, -0.25) is 9.79 Å². The van der Waals surface area contributed by atoms with Crippen molar-refractivity contribution in [1.82, 2.24) is 0 Å². The maximum atomic E-state index is 13.0. The molecule has 2 atom stereocenters. The molecule has 0 amide bonds. The first-order valence-electron chi connectivity index (χ1n) is 9.75. The summed E-state index contributed by atoms with van der Waals surface area (Å²) in [5.74, 6) is -0.225.